The molecule has 2 fully saturated rings. The van der Waals surface area contributed by atoms with E-state index in [1.165, 1.54) is 0 Å². The molecule has 0 aliphatic carbocycles. The molecule has 2 aliphatic rings. The van der Waals surface area contributed by atoms with E-state index < -0.39 is 6.17 Å². The maximum absolute atomic E-state index is 13.9. The number of hydrogen-bond donors (Lipinski definition) is 1. The third-order valence-electron chi connectivity index (χ3n) is 3.27. The summed E-state index contributed by atoms with van der Waals surface area (Å²) in [5.74, 6) is 0.529. The number of nitrogens with one attached hydrogen (secondary N) is 1. The highest BCUT2D eigenvalue weighted by atomic mass is 19.1. The molecule has 13 heavy (non-hydrogen) atoms. The van der Waals surface area contributed by atoms with Crippen molar-refractivity contribution in [2.75, 3.05) is 26.3 Å². The Bertz CT molecular complexity index is 153. The molecule has 2 saturated heterocycles. The standard InChI is InChI=1S/C10H18FNO/c11-10(9-1-4-12-7-9)8-2-5-13-6-3-8/h8-10,12H,1-7H2. The van der Waals surface area contributed by atoms with Crippen molar-refractivity contribution in [2.45, 2.75) is 25.4 Å². The number of hydrogen-bond acceptors (Lipinski definition) is 2. The predicted octanol–water partition coefficient (Wildman–Crippen LogP) is 1.36. The number of ether oxygens (including phenoxy) is 1. The van der Waals surface area contributed by atoms with Gasteiger partial charge in [-0.1, -0.05) is 0 Å². The average Bonchev–Trinajstić information content (AvgIpc) is 2.71. The largest absolute Gasteiger partial charge is 0.381 e. The number of rotatable bonds is 2. The van der Waals surface area contributed by atoms with Gasteiger partial charge >= 0.3 is 0 Å². The highest BCUT2D eigenvalue weighted by molar-refractivity contribution is 4.83. The second kappa shape index (κ2) is 4.38. The lowest BCUT2D eigenvalue weighted by Crippen LogP contribution is -2.31. The van der Waals surface area contributed by atoms with Gasteiger partial charge in [0.15, 0.2) is 0 Å². The summed E-state index contributed by atoms with van der Waals surface area (Å²) >= 11 is 0. The van der Waals surface area contributed by atoms with E-state index in [4.69, 9.17) is 4.74 Å². The van der Waals surface area contributed by atoms with E-state index >= 15 is 0 Å². The monoisotopic (exact) mass is 187 g/mol. The van der Waals surface area contributed by atoms with Gasteiger partial charge in [0.2, 0.25) is 0 Å². The Hall–Kier alpha value is -0.150. The first-order valence-corrected chi connectivity index (χ1v) is 5.30. The number of halogens is 1. The smallest absolute Gasteiger partial charge is 0.107 e. The lowest BCUT2D eigenvalue weighted by atomic mass is 9.86. The van der Waals surface area contributed by atoms with Crippen LogP contribution in [0.3, 0.4) is 0 Å². The van der Waals surface area contributed by atoms with Crippen LogP contribution in [0.2, 0.25) is 0 Å². The quantitative estimate of drug-likeness (QED) is 0.704. The van der Waals surface area contributed by atoms with Crippen LogP contribution in [0.15, 0.2) is 0 Å². The Labute approximate surface area is 78.8 Å². The molecule has 0 aromatic carbocycles. The van der Waals surface area contributed by atoms with Crippen molar-refractivity contribution in [2.24, 2.45) is 11.8 Å². The van der Waals surface area contributed by atoms with Crippen molar-refractivity contribution in [1.82, 2.24) is 5.32 Å². The van der Waals surface area contributed by atoms with Gasteiger partial charge in [0.05, 0.1) is 0 Å². The summed E-state index contributed by atoms with van der Waals surface area (Å²) in [4.78, 5) is 0. The predicted molar refractivity (Wildman–Crippen MR) is 49.4 cm³/mol. The Kier molecular flexibility index (Phi) is 3.17. The first-order valence-electron chi connectivity index (χ1n) is 5.30. The van der Waals surface area contributed by atoms with E-state index in [2.05, 4.69) is 5.32 Å². The van der Waals surface area contributed by atoms with E-state index in [0.29, 0.717) is 0 Å². The fourth-order valence-corrected chi connectivity index (χ4v) is 2.37. The molecule has 76 valence electrons. The van der Waals surface area contributed by atoms with Crippen molar-refractivity contribution in [3.05, 3.63) is 0 Å². The van der Waals surface area contributed by atoms with E-state index in [-0.39, 0.29) is 11.8 Å². The summed E-state index contributed by atoms with van der Waals surface area (Å²) in [6, 6.07) is 0. The summed E-state index contributed by atoms with van der Waals surface area (Å²) in [7, 11) is 0. The van der Waals surface area contributed by atoms with Crippen molar-refractivity contribution in [1.29, 1.82) is 0 Å². The van der Waals surface area contributed by atoms with Gasteiger partial charge in [-0.15, -0.1) is 0 Å². The molecule has 2 unspecified atom stereocenters. The van der Waals surface area contributed by atoms with Gasteiger partial charge in [0, 0.05) is 25.7 Å². The van der Waals surface area contributed by atoms with Gasteiger partial charge < -0.3 is 10.1 Å². The van der Waals surface area contributed by atoms with E-state index in [9.17, 15) is 4.39 Å². The third kappa shape index (κ3) is 2.20. The van der Waals surface area contributed by atoms with Crippen molar-refractivity contribution in [3.8, 4) is 0 Å². The molecule has 2 atom stereocenters. The topological polar surface area (TPSA) is 21.3 Å². The van der Waals surface area contributed by atoms with Crippen LogP contribution in [0.25, 0.3) is 0 Å². The summed E-state index contributed by atoms with van der Waals surface area (Å²) < 4.78 is 19.1. The van der Waals surface area contributed by atoms with Crippen molar-refractivity contribution in [3.63, 3.8) is 0 Å². The van der Waals surface area contributed by atoms with Gasteiger partial charge in [-0.05, 0) is 31.7 Å². The molecule has 0 aromatic rings. The zero-order chi connectivity index (χ0) is 9.10. The fraction of sp³-hybridized carbons (Fsp3) is 1.00. The van der Waals surface area contributed by atoms with E-state index in [1.807, 2.05) is 0 Å². The minimum Gasteiger partial charge on any atom is -0.381 e. The van der Waals surface area contributed by atoms with Crippen LogP contribution in [0.1, 0.15) is 19.3 Å². The normalized spacial score (nSPS) is 33.5. The SMILES string of the molecule is FC(C1CCOCC1)C1CCNC1. The van der Waals surface area contributed by atoms with Crippen LogP contribution in [0, 0.1) is 11.8 Å². The third-order valence-corrected chi connectivity index (χ3v) is 3.27. The highest BCUT2D eigenvalue weighted by Crippen LogP contribution is 2.29. The molecule has 2 rings (SSSR count). The second-order valence-corrected chi connectivity index (χ2v) is 4.15. The molecule has 0 aromatic heterocycles. The zero-order valence-electron chi connectivity index (χ0n) is 7.97. The fourth-order valence-electron chi connectivity index (χ4n) is 2.37. The van der Waals surface area contributed by atoms with Crippen LogP contribution < -0.4 is 5.32 Å². The van der Waals surface area contributed by atoms with Gasteiger partial charge in [0.25, 0.3) is 0 Å². The van der Waals surface area contributed by atoms with Gasteiger partial charge in [-0.25, -0.2) is 4.39 Å². The van der Waals surface area contributed by atoms with Crippen molar-refractivity contribution < 1.29 is 9.13 Å². The molecule has 2 nitrogen and oxygen atoms in total. The molecule has 1 N–H and O–H groups in total. The van der Waals surface area contributed by atoms with Crippen molar-refractivity contribution >= 4 is 0 Å². The minimum absolute atomic E-state index is 0.263. The van der Waals surface area contributed by atoms with Crippen LogP contribution >= 0.6 is 0 Å². The average molecular weight is 187 g/mol. The Balaban J connectivity index is 1.83. The number of alkyl halides is 1. The van der Waals surface area contributed by atoms with Gasteiger partial charge in [0.1, 0.15) is 6.17 Å². The summed E-state index contributed by atoms with van der Waals surface area (Å²) in [5, 5.41) is 3.22. The molecule has 2 aliphatic heterocycles. The van der Waals surface area contributed by atoms with Gasteiger partial charge in [-0.3, -0.25) is 0 Å². The Morgan fingerprint density at radius 1 is 1.15 bits per heavy atom. The lowest BCUT2D eigenvalue weighted by Gasteiger charge is -2.28. The molecule has 0 amide bonds. The minimum atomic E-state index is -0.598. The molecule has 0 radical (unpaired) electrons. The summed E-state index contributed by atoms with van der Waals surface area (Å²) in [5.41, 5.74) is 0. The molecule has 3 heteroatoms. The molecule has 2 heterocycles. The lowest BCUT2D eigenvalue weighted by molar-refractivity contribution is 0.0230. The molecular formula is C10H18FNO. The Morgan fingerprint density at radius 3 is 2.54 bits per heavy atom. The van der Waals surface area contributed by atoms with Crippen LogP contribution in [-0.2, 0) is 4.74 Å². The van der Waals surface area contributed by atoms with Crippen LogP contribution in [0.5, 0.6) is 0 Å². The van der Waals surface area contributed by atoms with Crippen LogP contribution in [-0.4, -0.2) is 32.5 Å². The van der Waals surface area contributed by atoms with E-state index in [1.54, 1.807) is 0 Å². The molecule has 0 saturated carbocycles. The zero-order valence-corrected chi connectivity index (χ0v) is 7.97. The Morgan fingerprint density at radius 2 is 1.92 bits per heavy atom. The summed E-state index contributed by atoms with van der Waals surface area (Å²) in [6.45, 7) is 3.38. The molecular weight excluding hydrogens is 169 g/mol. The van der Waals surface area contributed by atoms with Crippen LogP contribution in [0.4, 0.5) is 4.39 Å². The molecule has 0 bridgehead atoms. The maximum atomic E-state index is 13.9. The highest BCUT2D eigenvalue weighted by Gasteiger charge is 2.32. The maximum Gasteiger partial charge on any atom is 0.107 e. The second-order valence-electron chi connectivity index (χ2n) is 4.15. The first kappa shape index (κ1) is 9.41. The van der Waals surface area contributed by atoms with E-state index in [0.717, 1.165) is 45.6 Å². The first-order chi connectivity index (χ1) is 6.38. The van der Waals surface area contributed by atoms with Gasteiger partial charge in [-0.2, -0.15) is 0 Å². The summed E-state index contributed by atoms with van der Waals surface area (Å²) in [6.07, 6.45) is 2.24. The molecule has 0 spiro atoms.